The van der Waals surface area contributed by atoms with E-state index in [-0.39, 0.29) is 0 Å². The van der Waals surface area contributed by atoms with E-state index in [9.17, 15) is 0 Å². The standard InChI is InChI=1S/C14H19N3OS/c1-2-5-15-13-11-4-7-19-14(11)17-12(16-13)8-10-3-6-18-9-10/h4,7,10H,2-3,5-6,8-9H2,1H3,(H,15,16,17). The van der Waals surface area contributed by atoms with Crippen molar-refractivity contribution >= 4 is 27.4 Å². The zero-order valence-electron chi connectivity index (χ0n) is 11.2. The summed E-state index contributed by atoms with van der Waals surface area (Å²) >= 11 is 1.68. The molecule has 102 valence electrons. The zero-order valence-corrected chi connectivity index (χ0v) is 12.0. The van der Waals surface area contributed by atoms with Gasteiger partial charge in [0.05, 0.1) is 5.39 Å². The minimum absolute atomic E-state index is 0.580. The van der Waals surface area contributed by atoms with Crippen LogP contribution >= 0.6 is 11.3 Å². The lowest BCUT2D eigenvalue weighted by Gasteiger charge is -2.10. The number of hydrogen-bond donors (Lipinski definition) is 1. The summed E-state index contributed by atoms with van der Waals surface area (Å²) in [5, 5.41) is 6.64. The molecule has 2 aromatic rings. The molecule has 0 saturated carbocycles. The average Bonchev–Trinajstić information content (AvgIpc) is 3.06. The summed E-state index contributed by atoms with van der Waals surface area (Å²) in [4.78, 5) is 10.5. The molecule has 4 nitrogen and oxygen atoms in total. The van der Waals surface area contributed by atoms with Gasteiger partial charge in [-0.15, -0.1) is 11.3 Å². The molecule has 0 aliphatic carbocycles. The van der Waals surface area contributed by atoms with Gasteiger partial charge in [-0.25, -0.2) is 9.97 Å². The summed E-state index contributed by atoms with van der Waals surface area (Å²) < 4.78 is 5.43. The molecule has 0 amide bonds. The lowest BCUT2D eigenvalue weighted by Crippen LogP contribution is -2.10. The van der Waals surface area contributed by atoms with Crippen LogP contribution < -0.4 is 5.32 Å². The van der Waals surface area contributed by atoms with Crippen LogP contribution in [0, 0.1) is 5.92 Å². The van der Waals surface area contributed by atoms with E-state index in [0.717, 1.165) is 60.9 Å². The summed E-state index contributed by atoms with van der Waals surface area (Å²) in [6.07, 6.45) is 3.15. The summed E-state index contributed by atoms with van der Waals surface area (Å²) in [5.74, 6) is 2.52. The maximum Gasteiger partial charge on any atom is 0.138 e. The number of thiophene rings is 1. The van der Waals surface area contributed by atoms with Crippen molar-refractivity contribution in [3.05, 3.63) is 17.3 Å². The van der Waals surface area contributed by atoms with Gasteiger partial charge in [0.25, 0.3) is 0 Å². The Bertz CT molecular complexity index is 549. The molecule has 0 spiro atoms. The highest BCUT2D eigenvalue weighted by Crippen LogP contribution is 2.26. The average molecular weight is 277 g/mol. The van der Waals surface area contributed by atoms with Gasteiger partial charge in [-0.1, -0.05) is 6.92 Å². The highest BCUT2D eigenvalue weighted by Gasteiger charge is 2.18. The number of nitrogens with one attached hydrogen (secondary N) is 1. The summed E-state index contributed by atoms with van der Waals surface area (Å²) in [6, 6.07) is 2.10. The molecule has 1 atom stereocenters. The topological polar surface area (TPSA) is 47.0 Å². The van der Waals surface area contributed by atoms with Crippen LogP contribution in [0.4, 0.5) is 5.82 Å². The second-order valence-corrected chi connectivity index (χ2v) is 5.88. The molecule has 0 bridgehead atoms. The Morgan fingerprint density at radius 1 is 1.47 bits per heavy atom. The van der Waals surface area contributed by atoms with Crippen molar-refractivity contribution < 1.29 is 4.74 Å². The van der Waals surface area contributed by atoms with E-state index in [0.29, 0.717) is 5.92 Å². The number of rotatable bonds is 5. The molecule has 2 aromatic heterocycles. The molecular weight excluding hydrogens is 258 g/mol. The normalized spacial score (nSPS) is 19.1. The molecular formula is C14H19N3OS. The smallest absolute Gasteiger partial charge is 0.138 e. The predicted molar refractivity (Wildman–Crippen MR) is 78.8 cm³/mol. The third kappa shape index (κ3) is 2.87. The van der Waals surface area contributed by atoms with Crippen molar-refractivity contribution in [2.45, 2.75) is 26.2 Å². The van der Waals surface area contributed by atoms with Crippen molar-refractivity contribution in [2.24, 2.45) is 5.92 Å². The summed E-state index contributed by atoms with van der Waals surface area (Å²) in [6.45, 7) is 4.85. The number of anilines is 1. The van der Waals surface area contributed by atoms with E-state index >= 15 is 0 Å². The van der Waals surface area contributed by atoms with E-state index in [1.807, 2.05) is 0 Å². The number of hydrogen-bond acceptors (Lipinski definition) is 5. The van der Waals surface area contributed by atoms with Crippen LogP contribution in [0.1, 0.15) is 25.6 Å². The monoisotopic (exact) mass is 277 g/mol. The van der Waals surface area contributed by atoms with Gasteiger partial charge in [0.2, 0.25) is 0 Å². The quantitative estimate of drug-likeness (QED) is 0.912. The van der Waals surface area contributed by atoms with Crippen LogP contribution in [0.3, 0.4) is 0 Å². The minimum Gasteiger partial charge on any atom is -0.381 e. The third-order valence-corrected chi connectivity index (χ3v) is 4.22. The first-order valence-corrected chi connectivity index (χ1v) is 7.80. The van der Waals surface area contributed by atoms with E-state index < -0.39 is 0 Å². The van der Waals surface area contributed by atoms with Gasteiger partial charge in [0.15, 0.2) is 0 Å². The van der Waals surface area contributed by atoms with Crippen LogP contribution in [-0.2, 0) is 11.2 Å². The fraction of sp³-hybridized carbons (Fsp3) is 0.571. The van der Waals surface area contributed by atoms with Crippen molar-refractivity contribution in [2.75, 3.05) is 25.1 Å². The highest BCUT2D eigenvalue weighted by molar-refractivity contribution is 7.16. The van der Waals surface area contributed by atoms with Gasteiger partial charge >= 0.3 is 0 Å². The summed E-state index contributed by atoms with van der Waals surface area (Å²) in [7, 11) is 0. The SMILES string of the molecule is CCCNc1nc(CC2CCOC2)nc2sccc12. The van der Waals surface area contributed by atoms with E-state index in [1.165, 1.54) is 0 Å². The molecule has 1 aliphatic rings. The Labute approximate surface area is 117 Å². The molecule has 5 heteroatoms. The zero-order chi connectivity index (χ0) is 13.1. The second kappa shape index (κ2) is 5.84. The Morgan fingerprint density at radius 2 is 2.42 bits per heavy atom. The van der Waals surface area contributed by atoms with Crippen molar-refractivity contribution in [1.29, 1.82) is 0 Å². The molecule has 1 unspecified atom stereocenters. The molecule has 1 aliphatic heterocycles. The van der Waals surface area contributed by atoms with E-state index in [2.05, 4.69) is 28.7 Å². The van der Waals surface area contributed by atoms with Crippen molar-refractivity contribution in [3.63, 3.8) is 0 Å². The Hall–Kier alpha value is -1.20. The number of fused-ring (bicyclic) bond motifs is 1. The maximum absolute atomic E-state index is 5.43. The predicted octanol–water partition coefficient (Wildman–Crippen LogP) is 3.09. The first-order chi connectivity index (χ1) is 9.36. The van der Waals surface area contributed by atoms with E-state index in [4.69, 9.17) is 9.72 Å². The van der Waals surface area contributed by atoms with Gasteiger partial charge in [0.1, 0.15) is 16.5 Å². The Morgan fingerprint density at radius 3 is 3.21 bits per heavy atom. The number of aromatic nitrogens is 2. The highest BCUT2D eigenvalue weighted by atomic mass is 32.1. The third-order valence-electron chi connectivity index (χ3n) is 3.41. The first-order valence-electron chi connectivity index (χ1n) is 6.92. The lowest BCUT2D eigenvalue weighted by molar-refractivity contribution is 0.185. The fourth-order valence-electron chi connectivity index (χ4n) is 2.37. The van der Waals surface area contributed by atoms with Gasteiger partial charge in [-0.3, -0.25) is 0 Å². The molecule has 3 rings (SSSR count). The molecule has 1 N–H and O–H groups in total. The maximum atomic E-state index is 5.43. The molecule has 19 heavy (non-hydrogen) atoms. The van der Waals surface area contributed by atoms with Crippen LogP contribution in [0.5, 0.6) is 0 Å². The van der Waals surface area contributed by atoms with Crippen LogP contribution in [0.2, 0.25) is 0 Å². The largest absolute Gasteiger partial charge is 0.381 e. The molecule has 0 aromatic carbocycles. The summed E-state index contributed by atoms with van der Waals surface area (Å²) in [5.41, 5.74) is 0. The Balaban J connectivity index is 1.86. The van der Waals surface area contributed by atoms with Crippen LogP contribution in [0.25, 0.3) is 10.2 Å². The van der Waals surface area contributed by atoms with Gasteiger partial charge in [-0.05, 0) is 30.2 Å². The number of ether oxygens (including phenoxy) is 1. The fourth-order valence-corrected chi connectivity index (χ4v) is 3.15. The van der Waals surface area contributed by atoms with Gasteiger partial charge < -0.3 is 10.1 Å². The molecule has 1 fully saturated rings. The molecule has 3 heterocycles. The Kier molecular flexibility index (Phi) is 3.94. The van der Waals surface area contributed by atoms with Gasteiger partial charge in [-0.2, -0.15) is 0 Å². The molecule has 0 radical (unpaired) electrons. The lowest BCUT2D eigenvalue weighted by atomic mass is 10.0. The van der Waals surface area contributed by atoms with Crippen molar-refractivity contribution in [1.82, 2.24) is 9.97 Å². The van der Waals surface area contributed by atoms with Crippen molar-refractivity contribution in [3.8, 4) is 0 Å². The van der Waals surface area contributed by atoms with Crippen LogP contribution in [-0.4, -0.2) is 29.7 Å². The number of nitrogens with zero attached hydrogens (tertiary/aromatic N) is 2. The van der Waals surface area contributed by atoms with Crippen LogP contribution in [0.15, 0.2) is 11.4 Å². The van der Waals surface area contributed by atoms with Gasteiger partial charge in [0, 0.05) is 26.2 Å². The molecule has 1 saturated heterocycles. The minimum atomic E-state index is 0.580. The first kappa shape index (κ1) is 12.8. The second-order valence-electron chi connectivity index (χ2n) is 4.99. The van der Waals surface area contributed by atoms with E-state index in [1.54, 1.807) is 11.3 Å².